The highest BCUT2D eigenvalue weighted by Crippen LogP contribution is 2.19. The molecule has 0 saturated heterocycles. The summed E-state index contributed by atoms with van der Waals surface area (Å²) in [5, 5.41) is 5.98. The average molecular weight is 395 g/mol. The molecule has 0 aliphatic heterocycles. The van der Waals surface area contributed by atoms with E-state index < -0.39 is 0 Å². The van der Waals surface area contributed by atoms with Crippen molar-refractivity contribution in [2.24, 2.45) is 0 Å². The molecule has 0 aromatic heterocycles. The number of amides is 2. The Morgan fingerprint density at radius 3 is 2.45 bits per heavy atom. The van der Waals surface area contributed by atoms with Crippen LogP contribution in [-0.2, 0) is 0 Å². The molecule has 0 unspecified atom stereocenters. The maximum absolute atomic E-state index is 12.5. The van der Waals surface area contributed by atoms with E-state index in [2.05, 4.69) is 17.6 Å². The lowest BCUT2D eigenvalue weighted by molar-refractivity contribution is 0.0926. The molecular weight excluding hydrogens is 364 g/mol. The third-order valence-corrected chi connectivity index (χ3v) is 5.21. The Labute approximate surface area is 172 Å². The Balaban J connectivity index is 1.57. The number of rotatable bonds is 8. The second-order valence-electron chi connectivity index (χ2n) is 7.57. The van der Waals surface area contributed by atoms with E-state index in [-0.39, 0.29) is 17.9 Å². The molecule has 0 atom stereocenters. The van der Waals surface area contributed by atoms with Crippen LogP contribution in [0.15, 0.2) is 48.5 Å². The zero-order valence-corrected chi connectivity index (χ0v) is 17.1. The molecule has 1 fully saturated rings. The second-order valence-corrected chi connectivity index (χ2v) is 7.57. The maximum Gasteiger partial charge on any atom is 0.255 e. The molecule has 0 heterocycles. The summed E-state index contributed by atoms with van der Waals surface area (Å²) in [5.41, 5.74) is 1.72. The summed E-state index contributed by atoms with van der Waals surface area (Å²) >= 11 is 0. The Bertz CT molecular complexity index is 811. The van der Waals surface area contributed by atoms with E-state index in [1.165, 1.54) is 19.3 Å². The van der Waals surface area contributed by atoms with Gasteiger partial charge < -0.3 is 15.4 Å². The van der Waals surface area contributed by atoms with Gasteiger partial charge in [-0.05, 0) is 61.7 Å². The van der Waals surface area contributed by atoms with E-state index in [0.29, 0.717) is 23.4 Å². The summed E-state index contributed by atoms with van der Waals surface area (Å²) in [6, 6.07) is 14.4. The Morgan fingerprint density at radius 2 is 1.72 bits per heavy atom. The van der Waals surface area contributed by atoms with Crippen molar-refractivity contribution < 1.29 is 14.3 Å². The lowest BCUT2D eigenvalue weighted by Crippen LogP contribution is -2.36. The molecule has 5 nitrogen and oxygen atoms in total. The van der Waals surface area contributed by atoms with Gasteiger partial charge in [0.2, 0.25) is 0 Å². The molecule has 3 rings (SSSR count). The van der Waals surface area contributed by atoms with E-state index in [1.54, 1.807) is 48.5 Å². The number of hydrogen-bond acceptors (Lipinski definition) is 3. The van der Waals surface area contributed by atoms with Gasteiger partial charge in [0.15, 0.2) is 0 Å². The van der Waals surface area contributed by atoms with Crippen LogP contribution in [0.25, 0.3) is 0 Å². The van der Waals surface area contributed by atoms with Crippen LogP contribution >= 0.6 is 0 Å². The van der Waals surface area contributed by atoms with Crippen molar-refractivity contribution >= 4 is 17.5 Å². The van der Waals surface area contributed by atoms with E-state index >= 15 is 0 Å². The molecule has 1 aliphatic rings. The van der Waals surface area contributed by atoms with Crippen molar-refractivity contribution in [1.29, 1.82) is 0 Å². The van der Waals surface area contributed by atoms with E-state index in [0.717, 1.165) is 31.4 Å². The van der Waals surface area contributed by atoms with Gasteiger partial charge in [0.1, 0.15) is 5.75 Å². The van der Waals surface area contributed by atoms with E-state index in [9.17, 15) is 9.59 Å². The fraction of sp³-hybridized carbons (Fsp3) is 0.417. The Morgan fingerprint density at radius 1 is 0.966 bits per heavy atom. The predicted octanol–water partition coefficient (Wildman–Crippen LogP) is 5.18. The minimum atomic E-state index is -0.213. The lowest BCUT2D eigenvalue weighted by atomic mass is 9.95. The van der Waals surface area contributed by atoms with Gasteiger partial charge >= 0.3 is 0 Å². The largest absolute Gasteiger partial charge is 0.494 e. The highest BCUT2D eigenvalue weighted by atomic mass is 16.5. The molecule has 1 aliphatic carbocycles. The molecule has 154 valence electrons. The molecule has 2 amide bonds. The first-order valence-electron chi connectivity index (χ1n) is 10.6. The van der Waals surface area contributed by atoms with Crippen LogP contribution < -0.4 is 15.4 Å². The molecule has 1 saturated carbocycles. The maximum atomic E-state index is 12.5. The summed E-state index contributed by atoms with van der Waals surface area (Å²) < 4.78 is 5.63. The van der Waals surface area contributed by atoms with Crippen molar-refractivity contribution in [2.45, 2.75) is 57.9 Å². The Hall–Kier alpha value is -2.82. The monoisotopic (exact) mass is 394 g/mol. The molecule has 2 aromatic rings. The summed E-state index contributed by atoms with van der Waals surface area (Å²) in [6.45, 7) is 2.79. The molecule has 29 heavy (non-hydrogen) atoms. The normalized spacial score (nSPS) is 14.2. The molecule has 0 spiro atoms. The second kappa shape index (κ2) is 10.6. The van der Waals surface area contributed by atoms with E-state index in [4.69, 9.17) is 4.74 Å². The van der Waals surface area contributed by atoms with Crippen LogP contribution in [0, 0.1) is 0 Å². The van der Waals surface area contributed by atoms with Gasteiger partial charge in [-0.1, -0.05) is 38.7 Å². The van der Waals surface area contributed by atoms with Gasteiger partial charge in [0, 0.05) is 22.9 Å². The average Bonchev–Trinajstić information content (AvgIpc) is 2.75. The SMILES string of the molecule is CCCCOc1ccc(C(=O)Nc2cccc(C(=O)NC3CCCCC3)c2)cc1. The summed E-state index contributed by atoms with van der Waals surface area (Å²) in [7, 11) is 0. The van der Waals surface area contributed by atoms with Gasteiger partial charge in [0.25, 0.3) is 11.8 Å². The van der Waals surface area contributed by atoms with Crippen molar-refractivity contribution in [3.63, 3.8) is 0 Å². The summed E-state index contributed by atoms with van der Waals surface area (Å²) in [4.78, 5) is 25.1. The number of unbranched alkanes of at least 4 members (excludes halogenated alkanes) is 1. The van der Waals surface area contributed by atoms with Gasteiger partial charge in [-0.3, -0.25) is 9.59 Å². The van der Waals surface area contributed by atoms with Gasteiger partial charge in [-0.2, -0.15) is 0 Å². The zero-order chi connectivity index (χ0) is 20.5. The minimum absolute atomic E-state index is 0.0819. The number of carbonyl (C=O) groups excluding carboxylic acids is 2. The number of benzene rings is 2. The molecular formula is C24H30N2O3. The number of ether oxygens (including phenoxy) is 1. The van der Waals surface area contributed by atoms with Crippen molar-refractivity contribution in [3.05, 3.63) is 59.7 Å². The van der Waals surface area contributed by atoms with Crippen LogP contribution in [0.4, 0.5) is 5.69 Å². The summed E-state index contributed by atoms with van der Waals surface area (Å²) in [5.74, 6) is 0.466. The van der Waals surface area contributed by atoms with Crippen molar-refractivity contribution in [3.8, 4) is 5.75 Å². The third kappa shape index (κ3) is 6.34. The number of hydrogen-bond donors (Lipinski definition) is 2. The fourth-order valence-electron chi connectivity index (χ4n) is 3.49. The topological polar surface area (TPSA) is 67.4 Å². The first-order valence-corrected chi connectivity index (χ1v) is 10.6. The molecule has 2 aromatic carbocycles. The smallest absolute Gasteiger partial charge is 0.255 e. The first kappa shape index (κ1) is 20.9. The highest BCUT2D eigenvalue weighted by molar-refractivity contribution is 6.05. The van der Waals surface area contributed by atoms with Crippen LogP contribution in [0.2, 0.25) is 0 Å². The molecule has 0 bridgehead atoms. The van der Waals surface area contributed by atoms with Crippen LogP contribution in [0.1, 0.15) is 72.6 Å². The molecule has 0 radical (unpaired) electrons. The summed E-state index contributed by atoms with van der Waals surface area (Å²) in [6.07, 6.45) is 7.76. The number of nitrogens with one attached hydrogen (secondary N) is 2. The van der Waals surface area contributed by atoms with Crippen LogP contribution in [0.5, 0.6) is 5.75 Å². The van der Waals surface area contributed by atoms with Crippen molar-refractivity contribution in [1.82, 2.24) is 5.32 Å². The van der Waals surface area contributed by atoms with Gasteiger partial charge in [-0.25, -0.2) is 0 Å². The quantitative estimate of drug-likeness (QED) is 0.606. The Kier molecular flexibility index (Phi) is 7.68. The van der Waals surface area contributed by atoms with Crippen LogP contribution in [0.3, 0.4) is 0 Å². The highest BCUT2D eigenvalue weighted by Gasteiger charge is 2.17. The zero-order valence-electron chi connectivity index (χ0n) is 17.1. The molecule has 5 heteroatoms. The lowest BCUT2D eigenvalue weighted by Gasteiger charge is -2.22. The van der Waals surface area contributed by atoms with Gasteiger partial charge in [-0.15, -0.1) is 0 Å². The number of anilines is 1. The van der Waals surface area contributed by atoms with Crippen molar-refractivity contribution in [2.75, 3.05) is 11.9 Å². The molecule has 2 N–H and O–H groups in total. The van der Waals surface area contributed by atoms with E-state index in [1.807, 2.05) is 0 Å². The van der Waals surface area contributed by atoms with Crippen LogP contribution in [-0.4, -0.2) is 24.5 Å². The minimum Gasteiger partial charge on any atom is -0.494 e. The third-order valence-electron chi connectivity index (χ3n) is 5.21. The fourth-order valence-corrected chi connectivity index (χ4v) is 3.49. The first-order chi connectivity index (χ1) is 14.2. The predicted molar refractivity (Wildman–Crippen MR) is 116 cm³/mol. The number of carbonyl (C=O) groups is 2. The van der Waals surface area contributed by atoms with Gasteiger partial charge in [0.05, 0.1) is 6.61 Å². The standard InChI is InChI=1S/C24H30N2O3/c1-2-3-16-29-22-14-12-18(13-15-22)23(27)26-21-11-7-8-19(17-21)24(28)25-20-9-5-4-6-10-20/h7-8,11-15,17,20H,2-6,9-10,16H2,1H3,(H,25,28)(H,26,27).